The minimum Gasteiger partial charge on any atom is -0.294 e. The van der Waals surface area contributed by atoms with Crippen LogP contribution in [0.25, 0.3) is 0 Å². The van der Waals surface area contributed by atoms with Crippen LogP contribution in [0.1, 0.15) is 5.56 Å². The topological polar surface area (TPSA) is 119 Å². The molecule has 0 radical (unpaired) electrons. The number of anilines is 1. The maximum absolute atomic E-state index is 11.4. The van der Waals surface area contributed by atoms with Crippen LogP contribution in [0.3, 0.4) is 0 Å². The highest BCUT2D eigenvalue weighted by atomic mass is 32.2. The van der Waals surface area contributed by atoms with Crippen LogP contribution in [-0.4, -0.2) is 21.2 Å². The minimum absolute atomic E-state index is 0.361. The molecular weight excluding hydrogens is 244 g/mol. The summed E-state index contributed by atoms with van der Waals surface area (Å²) in [6, 6.07) is 7.97. The highest BCUT2D eigenvalue weighted by Crippen LogP contribution is 2.11. The molecule has 1 unspecified atom stereocenters. The summed E-state index contributed by atoms with van der Waals surface area (Å²) in [5, 5.41) is 9.42. The molecule has 0 saturated heterocycles. The van der Waals surface area contributed by atoms with E-state index in [2.05, 4.69) is 0 Å². The first kappa shape index (κ1) is 13.3. The molecule has 0 spiro atoms. The molecule has 1 aromatic carbocycles. The number of nitrogens with two attached hydrogens (primary N) is 1. The molecule has 0 aliphatic rings. The molecule has 7 nitrogen and oxygen atoms in total. The number of nitriles is 1. The van der Waals surface area contributed by atoms with Gasteiger partial charge in [0.25, 0.3) is 5.91 Å². The van der Waals surface area contributed by atoms with Crippen molar-refractivity contribution in [3.8, 4) is 6.07 Å². The Labute approximate surface area is 100 Å². The van der Waals surface area contributed by atoms with Crippen LogP contribution < -0.4 is 15.6 Å². The Morgan fingerprint density at radius 1 is 1.53 bits per heavy atom. The zero-order valence-electron chi connectivity index (χ0n) is 8.66. The van der Waals surface area contributed by atoms with Crippen LogP contribution in [-0.2, 0) is 16.1 Å². The molecule has 1 amide bonds. The van der Waals surface area contributed by atoms with Gasteiger partial charge in [0.2, 0.25) is 11.3 Å². The Bertz CT molecular complexity index is 468. The van der Waals surface area contributed by atoms with Gasteiger partial charge in [-0.25, -0.2) is 19.8 Å². The van der Waals surface area contributed by atoms with Crippen LogP contribution in [0.2, 0.25) is 0 Å². The summed E-state index contributed by atoms with van der Waals surface area (Å²) in [7, 11) is 0. The average molecular weight is 254 g/mol. The van der Waals surface area contributed by atoms with Crippen LogP contribution in [0.15, 0.2) is 24.3 Å². The SMILES string of the molecule is N#Cc1ccc(N(N)C(=O)CNS(=O)O)cc1. The molecule has 0 aliphatic heterocycles. The molecule has 0 fully saturated rings. The summed E-state index contributed by atoms with van der Waals surface area (Å²) in [5.41, 5.74) is 0.837. The number of hydrogen-bond acceptors (Lipinski definition) is 4. The van der Waals surface area contributed by atoms with Crippen molar-refractivity contribution in [1.29, 1.82) is 5.26 Å². The Morgan fingerprint density at radius 2 is 2.12 bits per heavy atom. The van der Waals surface area contributed by atoms with Crippen LogP contribution in [0, 0.1) is 11.3 Å². The van der Waals surface area contributed by atoms with Gasteiger partial charge in [-0.1, -0.05) is 0 Å². The van der Waals surface area contributed by atoms with Gasteiger partial charge in [-0.2, -0.15) is 5.26 Å². The smallest absolute Gasteiger partial charge is 0.256 e. The molecular formula is C9H10N4O3S. The molecule has 8 heteroatoms. The zero-order valence-corrected chi connectivity index (χ0v) is 9.48. The maximum Gasteiger partial charge on any atom is 0.256 e. The number of nitrogens with one attached hydrogen (secondary N) is 1. The monoisotopic (exact) mass is 254 g/mol. The molecule has 0 saturated carbocycles. The zero-order chi connectivity index (χ0) is 12.8. The minimum atomic E-state index is -2.26. The van der Waals surface area contributed by atoms with E-state index in [1.54, 1.807) is 0 Å². The van der Waals surface area contributed by atoms with E-state index < -0.39 is 17.2 Å². The van der Waals surface area contributed by atoms with Crippen molar-refractivity contribution in [3.05, 3.63) is 29.8 Å². The second-order valence-electron chi connectivity index (χ2n) is 2.99. The number of nitrogens with zero attached hydrogens (tertiary/aromatic N) is 2. The number of hydrazine groups is 1. The lowest BCUT2D eigenvalue weighted by Gasteiger charge is -2.16. The second-order valence-corrected chi connectivity index (χ2v) is 3.78. The Kier molecular flexibility index (Phi) is 4.74. The quantitative estimate of drug-likeness (QED) is 0.289. The first-order chi connectivity index (χ1) is 8.04. The average Bonchev–Trinajstić information content (AvgIpc) is 2.35. The molecule has 1 rings (SSSR count). The fourth-order valence-corrected chi connectivity index (χ4v) is 1.30. The van der Waals surface area contributed by atoms with Crippen LogP contribution in [0.4, 0.5) is 5.69 Å². The molecule has 90 valence electrons. The Balaban J connectivity index is 2.68. The molecule has 17 heavy (non-hydrogen) atoms. The first-order valence-electron chi connectivity index (χ1n) is 4.46. The van der Waals surface area contributed by atoms with Crippen molar-refractivity contribution >= 4 is 22.9 Å². The molecule has 0 aromatic heterocycles. The number of carbonyl (C=O) groups excluding carboxylic acids is 1. The van der Waals surface area contributed by atoms with Crippen molar-refractivity contribution in [3.63, 3.8) is 0 Å². The number of amides is 1. The fraction of sp³-hybridized carbons (Fsp3) is 0.111. The van der Waals surface area contributed by atoms with E-state index in [-0.39, 0.29) is 6.54 Å². The van der Waals surface area contributed by atoms with Gasteiger partial charge in [-0.3, -0.25) is 9.35 Å². The number of benzene rings is 1. The third kappa shape index (κ3) is 3.93. The van der Waals surface area contributed by atoms with Gasteiger partial charge in [0, 0.05) is 0 Å². The van der Waals surface area contributed by atoms with Gasteiger partial charge in [-0.15, -0.1) is 0 Å². The lowest BCUT2D eigenvalue weighted by Crippen LogP contribution is -2.43. The van der Waals surface area contributed by atoms with E-state index in [1.165, 1.54) is 24.3 Å². The van der Waals surface area contributed by atoms with E-state index in [1.807, 2.05) is 10.8 Å². The number of rotatable bonds is 4. The lowest BCUT2D eigenvalue weighted by atomic mass is 10.2. The van der Waals surface area contributed by atoms with Crippen molar-refractivity contribution in [2.24, 2.45) is 5.84 Å². The summed E-state index contributed by atoms with van der Waals surface area (Å²) < 4.78 is 20.8. The first-order valence-corrected chi connectivity index (χ1v) is 5.57. The van der Waals surface area contributed by atoms with E-state index in [0.29, 0.717) is 11.3 Å². The molecule has 1 aromatic rings. The summed E-state index contributed by atoms with van der Waals surface area (Å²) in [5.74, 6) is 4.92. The lowest BCUT2D eigenvalue weighted by molar-refractivity contribution is -0.117. The standard InChI is InChI=1S/C9H10N4O3S/c10-5-7-1-3-8(4-2-7)13(11)9(14)6-12-17(15)16/h1-4,12H,6,11H2,(H,15,16). The van der Waals surface area contributed by atoms with Gasteiger partial charge in [0.1, 0.15) is 0 Å². The third-order valence-corrected chi connectivity index (χ3v) is 2.28. The largest absolute Gasteiger partial charge is 0.294 e. The molecule has 0 heterocycles. The van der Waals surface area contributed by atoms with Crippen LogP contribution >= 0.6 is 0 Å². The second kappa shape index (κ2) is 6.07. The molecule has 4 N–H and O–H groups in total. The Morgan fingerprint density at radius 3 is 2.59 bits per heavy atom. The predicted octanol–water partition coefficient (Wildman–Crippen LogP) is -0.509. The summed E-state index contributed by atoms with van der Waals surface area (Å²) in [4.78, 5) is 11.4. The van der Waals surface area contributed by atoms with Gasteiger partial charge in [-0.05, 0) is 24.3 Å². The van der Waals surface area contributed by atoms with Crippen molar-refractivity contribution < 1.29 is 13.6 Å². The highest BCUT2D eigenvalue weighted by molar-refractivity contribution is 7.77. The molecule has 1 atom stereocenters. The summed E-state index contributed by atoms with van der Waals surface area (Å²) >= 11 is -2.26. The number of carbonyl (C=O) groups is 1. The molecule has 0 bridgehead atoms. The fourth-order valence-electron chi connectivity index (χ4n) is 1.05. The Hall–Kier alpha value is -1.79. The van der Waals surface area contributed by atoms with Gasteiger partial charge in [0.05, 0.1) is 23.9 Å². The van der Waals surface area contributed by atoms with Crippen molar-refractivity contribution in [2.75, 3.05) is 11.6 Å². The van der Waals surface area contributed by atoms with Gasteiger partial charge < -0.3 is 0 Å². The predicted molar refractivity (Wildman–Crippen MR) is 61.6 cm³/mol. The summed E-state index contributed by atoms with van der Waals surface area (Å²) in [6.07, 6.45) is 0. The van der Waals surface area contributed by atoms with Gasteiger partial charge in [0.15, 0.2) is 0 Å². The highest BCUT2D eigenvalue weighted by Gasteiger charge is 2.12. The van der Waals surface area contributed by atoms with E-state index >= 15 is 0 Å². The third-order valence-electron chi connectivity index (χ3n) is 1.89. The van der Waals surface area contributed by atoms with Crippen molar-refractivity contribution in [1.82, 2.24) is 4.72 Å². The summed E-state index contributed by atoms with van der Waals surface area (Å²) in [6.45, 7) is -0.361. The molecule has 0 aliphatic carbocycles. The normalized spacial score (nSPS) is 11.6. The maximum atomic E-state index is 11.4. The van der Waals surface area contributed by atoms with Gasteiger partial charge >= 0.3 is 0 Å². The number of hydrogen-bond donors (Lipinski definition) is 3. The van der Waals surface area contributed by atoms with Crippen molar-refractivity contribution in [2.45, 2.75) is 0 Å². The van der Waals surface area contributed by atoms with E-state index in [9.17, 15) is 9.00 Å². The van der Waals surface area contributed by atoms with E-state index in [4.69, 9.17) is 15.7 Å². The van der Waals surface area contributed by atoms with E-state index in [0.717, 1.165) is 5.01 Å². The van der Waals surface area contributed by atoms with Crippen LogP contribution in [0.5, 0.6) is 0 Å².